The van der Waals surface area contributed by atoms with Gasteiger partial charge in [0.25, 0.3) is 0 Å². The van der Waals surface area contributed by atoms with Crippen LogP contribution in [0.15, 0.2) is 23.4 Å². The predicted molar refractivity (Wildman–Crippen MR) is 58.3 cm³/mol. The van der Waals surface area contributed by atoms with Crippen LogP contribution < -0.4 is 11.0 Å². The van der Waals surface area contributed by atoms with Crippen molar-refractivity contribution in [1.29, 1.82) is 0 Å². The Morgan fingerprint density at radius 2 is 2.50 bits per heavy atom. The molecule has 0 radical (unpaired) electrons. The van der Waals surface area contributed by atoms with Crippen LogP contribution in [0.5, 0.6) is 0 Å². The van der Waals surface area contributed by atoms with Crippen molar-refractivity contribution in [2.45, 2.75) is 25.4 Å². The maximum Gasteiger partial charge on any atom is 0.350 e. The van der Waals surface area contributed by atoms with Crippen molar-refractivity contribution in [3.63, 3.8) is 0 Å². The molecule has 84 valence electrons. The van der Waals surface area contributed by atoms with Gasteiger partial charge in [0.2, 0.25) is 0 Å². The molecule has 0 aliphatic carbocycles. The number of nitrogens with one attached hydrogen (secondary N) is 1. The molecule has 0 unspecified atom stereocenters. The second kappa shape index (κ2) is 3.71. The monoisotopic (exact) mass is 219 g/mol. The maximum absolute atomic E-state index is 11.9. The summed E-state index contributed by atoms with van der Waals surface area (Å²) in [6.07, 6.45) is 7.12. The van der Waals surface area contributed by atoms with E-state index in [9.17, 15) is 4.79 Å². The lowest BCUT2D eigenvalue weighted by Gasteiger charge is -2.07. The Morgan fingerprint density at radius 3 is 3.25 bits per heavy atom. The predicted octanol–water partition coefficient (Wildman–Crippen LogP) is -0.357. The van der Waals surface area contributed by atoms with Crippen molar-refractivity contribution in [3.8, 4) is 0 Å². The molecule has 6 nitrogen and oxygen atoms in total. The summed E-state index contributed by atoms with van der Waals surface area (Å²) in [6, 6.07) is 0.371. The largest absolute Gasteiger partial charge is 0.350 e. The van der Waals surface area contributed by atoms with E-state index in [4.69, 9.17) is 0 Å². The molecule has 1 saturated heterocycles. The lowest BCUT2D eigenvalue weighted by atomic mass is 10.2. The molecule has 1 N–H and O–H groups in total. The second-order valence-corrected chi connectivity index (χ2v) is 4.06. The van der Waals surface area contributed by atoms with Crippen molar-refractivity contribution >= 4 is 5.65 Å². The van der Waals surface area contributed by atoms with Crippen molar-refractivity contribution in [3.05, 3.63) is 29.1 Å². The van der Waals surface area contributed by atoms with E-state index < -0.39 is 0 Å². The molecular formula is C10H13N5O. The van der Waals surface area contributed by atoms with Crippen LogP contribution in [0.3, 0.4) is 0 Å². The van der Waals surface area contributed by atoms with Crippen LogP contribution >= 0.6 is 0 Å². The van der Waals surface area contributed by atoms with Gasteiger partial charge in [0.15, 0.2) is 5.65 Å². The first-order chi connectivity index (χ1) is 7.84. The molecule has 6 heteroatoms. The Morgan fingerprint density at radius 1 is 1.56 bits per heavy atom. The Bertz CT molecular complexity index is 552. The van der Waals surface area contributed by atoms with Gasteiger partial charge in [-0.1, -0.05) is 0 Å². The summed E-state index contributed by atoms with van der Waals surface area (Å²) in [5.41, 5.74) is 0.511. The van der Waals surface area contributed by atoms with Gasteiger partial charge in [0.05, 0.1) is 12.7 Å². The standard InChI is InChI=1S/C10H13N5O/c16-10-14-5-4-11-6-9(14)13-15(10)7-8-2-1-3-12-8/h4-6,8,12H,1-3,7H2/t8-/m1/s1. The maximum atomic E-state index is 11.9. The number of rotatable bonds is 2. The summed E-state index contributed by atoms with van der Waals surface area (Å²) in [5, 5.41) is 7.59. The van der Waals surface area contributed by atoms with Gasteiger partial charge in [0.1, 0.15) is 0 Å². The zero-order valence-electron chi connectivity index (χ0n) is 8.83. The van der Waals surface area contributed by atoms with E-state index in [1.165, 1.54) is 15.5 Å². The van der Waals surface area contributed by atoms with E-state index in [-0.39, 0.29) is 5.69 Å². The van der Waals surface area contributed by atoms with Crippen LogP contribution in [0.2, 0.25) is 0 Å². The van der Waals surface area contributed by atoms with Crippen LogP contribution in [0.1, 0.15) is 12.8 Å². The highest BCUT2D eigenvalue weighted by molar-refractivity contribution is 5.31. The van der Waals surface area contributed by atoms with E-state index in [1.54, 1.807) is 18.6 Å². The first kappa shape index (κ1) is 9.53. The fraction of sp³-hybridized carbons (Fsp3) is 0.500. The third-order valence-electron chi connectivity index (χ3n) is 2.94. The van der Waals surface area contributed by atoms with Gasteiger partial charge in [-0.2, -0.15) is 0 Å². The molecular weight excluding hydrogens is 206 g/mol. The highest BCUT2D eigenvalue weighted by atomic mass is 16.2. The highest BCUT2D eigenvalue weighted by Crippen LogP contribution is 2.06. The van der Waals surface area contributed by atoms with Crippen LogP contribution in [0.4, 0.5) is 0 Å². The lowest BCUT2D eigenvalue weighted by molar-refractivity contribution is 0.466. The van der Waals surface area contributed by atoms with Gasteiger partial charge in [-0.25, -0.2) is 13.9 Å². The first-order valence-electron chi connectivity index (χ1n) is 5.47. The molecule has 1 atom stereocenters. The molecule has 1 fully saturated rings. The summed E-state index contributed by atoms with van der Waals surface area (Å²) in [7, 11) is 0. The van der Waals surface area contributed by atoms with E-state index in [2.05, 4.69) is 15.4 Å². The topological polar surface area (TPSA) is 64.2 Å². The number of nitrogens with zero attached hydrogens (tertiary/aromatic N) is 4. The molecule has 2 aromatic rings. The van der Waals surface area contributed by atoms with Crippen molar-refractivity contribution in [2.24, 2.45) is 0 Å². The Kier molecular flexibility index (Phi) is 2.21. The smallest absolute Gasteiger partial charge is 0.312 e. The fourth-order valence-electron chi connectivity index (χ4n) is 2.12. The van der Waals surface area contributed by atoms with E-state index in [0.717, 1.165) is 13.0 Å². The Labute approximate surface area is 91.9 Å². The van der Waals surface area contributed by atoms with Crippen LogP contribution in [0, 0.1) is 0 Å². The minimum absolute atomic E-state index is 0.0916. The van der Waals surface area contributed by atoms with Crippen LogP contribution in [0.25, 0.3) is 5.65 Å². The van der Waals surface area contributed by atoms with Gasteiger partial charge < -0.3 is 5.32 Å². The summed E-state index contributed by atoms with van der Waals surface area (Å²) in [5.74, 6) is 0. The summed E-state index contributed by atoms with van der Waals surface area (Å²) < 4.78 is 3.03. The minimum atomic E-state index is -0.0916. The molecule has 3 rings (SSSR count). The van der Waals surface area contributed by atoms with Gasteiger partial charge in [-0.3, -0.25) is 4.98 Å². The van der Waals surface area contributed by atoms with Crippen molar-refractivity contribution in [1.82, 2.24) is 24.5 Å². The highest BCUT2D eigenvalue weighted by Gasteiger charge is 2.17. The van der Waals surface area contributed by atoms with E-state index in [0.29, 0.717) is 18.2 Å². The molecule has 0 bridgehead atoms. The van der Waals surface area contributed by atoms with Gasteiger partial charge >= 0.3 is 5.69 Å². The third kappa shape index (κ3) is 1.51. The van der Waals surface area contributed by atoms with Gasteiger partial charge in [0, 0.05) is 18.4 Å². The number of aromatic nitrogens is 4. The summed E-state index contributed by atoms with van der Waals surface area (Å²) in [6.45, 7) is 1.68. The number of hydrogen-bond donors (Lipinski definition) is 1. The van der Waals surface area contributed by atoms with Gasteiger partial charge in [-0.05, 0) is 19.4 Å². The first-order valence-corrected chi connectivity index (χ1v) is 5.47. The normalized spacial score (nSPS) is 20.6. The van der Waals surface area contributed by atoms with Crippen LogP contribution in [-0.2, 0) is 6.54 Å². The number of fused-ring (bicyclic) bond motifs is 1. The summed E-state index contributed by atoms with van der Waals surface area (Å²) in [4.78, 5) is 15.9. The number of hydrogen-bond acceptors (Lipinski definition) is 4. The quantitative estimate of drug-likeness (QED) is 0.749. The SMILES string of the molecule is O=c1n(C[C@H]2CCCN2)nc2cnccn12. The molecule has 1 aliphatic heterocycles. The molecule has 0 spiro atoms. The van der Waals surface area contributed by atoms with E-state index >= 15 is 0 Å². The van der Waals surface area contributed by atoms with Crippen LogP contribution in [-0.4, -0.2) is 31.8 Å². The fourth-order valence-corrected chi connectivity index (χ4v) is 2.12. The average Bonchev–Trinajstić information content (AvgIpc) is 2.90. The molecule has 0 aromatic carbocycles. The average molecular weight is 219 g/mol. The van der Waals surface area contributed by atoms with Crippen molar-refractivity contribution in [2.75, 3.05) is 6.54 Å². The lowest BCUT2D eigenvalue weighted by Crippen LogP contribution is -2.32. The molecule has 16 heavy (non-hydrogen) atoms. The van der Waals surface area contributed by atoms with Gasteiger partial charge in [-0.15, -0.1) is 5.10 Å². The molecule has 1 aliphatic rings. The zero-order chi connectivity index (χ0) is 11.0. The molecule has 0 amide bonds. The minimum Gasteiger partial charge on any atom is -0.312 e. The van der Waals surface area contributed by atoms with E-state index in [1.807, 2.05) is 0 Å². The Balaban J connectivity index is 1.97. The Hall–Kier alpha value is -1.69. The summed E-state index contributed by atoms with van der Waals surface area (Å²) >= 11 is 0. The third-order valence-corrected chi connectivity index (χ3v) is 2.94. The second-order valence-electron chi connectivity index (χ2n) is 4.06. The molecule has 0 saturated carbocycles. The van der Waals surface area contributed by atoms with Crippen molar-refractivity contribution < 1.29 is 0 Å². The zero-order valence-corrected chi connectivity index (χ0v) is 8.83. The molecule has 2 aromatic heterocycles. The molecule has 3 heterocycles.